The van der Waals surface area contributed by atoms with Crippen molar-refractivity contribution in [2.24, 2.45) is 0 Å². The molecule has 8 heteroatoms. The normalized spacial score (nSPS) is 13.6. The molecule has 0 N–H and O–H groups in total. The maximum atomic E-state index is 9.75. The minimum atomic E-state index is -0.548. The number of furan rings is 1. The molecule has 5 aromatic heterocycles. The van der Waals surface area contributed by atoms with E-state index in [1.807, 2.05) is 17.4 Å². The van der Waals surface area contributed by atoms with Gasteiger partial charge in [0.2, 0.25) is 0 Å². The van der Waals surface area contributed by atoms with Crippen LogP contribution in [-0.2, 0) is 16.2 Å². The third-order valence-electron chi connectivity index (χ3n) is 26.2. The molecular weight excluding hydrogens is 1500 g/mol. The predicted molar refractivity (Wildman–Crippen MR) is 521 cm³/mol. The number of hydrogen-bond acceptors (Lipinski definition) is 4. The van der Waals surface area contributed by atoms with Gasteiger partial charge in [-0.2, -0.15) is 0 Å². The van der Waals surface area contributed by atoms with Gasteiger partial charge in [-0.05, 0) is 204 Å². The summed E-state index contributed by atoms with van der Waals surface area (Å²) in [5, 5.41) is 11.2. The van der Waals surface area contributed by atoms with E-state index in [0.717, 1.165) is 171 Å². The second-order valence-corrected chi connectivity index (χ2v) is 37.4. The summed E-state index contributed by atoms with van der Waals surface area (Å²) in [6, 6.07) is 119. The summed E-state index contributed by atoms with van der Waals surface area (Å²) in [7, 11) is 0. The van der Waals surface area contributed by atoms with Crippen LogP contribution in [0, 0.1) is 0 Å². The Bertz CT molecular complexity index is 8390. The topological polar surface area (TPSA) is 34.4 Å². The van der Waals surface area contributed by atoms with Crippen molar-refractivity contribution in [3.05, 3.63) is 374 Å². The van der Waals surface area contributed by atoms with Crippen molar-refractivity contribution >= 4 is 176 Å². The number of anilines is 6. The first-order chi connectivity index (χ1) is 61.5. The van der Waals surface area contributed by atoms with Gasteiger partial charge in [0.05, 0.1) is 61.7 Å². The zero-order valence-electron chi connectivity index (χ0n) is 74.3. The maximum absolute atomic E-state index is 9.75. The number of aromatic nitrogens is 3. The van der Waals surface area contributed by atoms with Gasteiger partial charge < -0.3 is 27.9 Å². The van der Waals surface area contributed by atoms with Crippen molar-refractivity contribution in [1.82, 2.24) is 13.7 Å². The minimum Gasteiger partial charge on any atom is -0.453 e. The molecule has 0 unspecified atom stereocenters. The fourth-order valence-corrected chi connectivity index (χ4v) is 21.6. The van der Waals surface area contributed by atoms with Crippen LogP contribution >= 0.6 is 11.3 Å². The Kier molecular flexibility index (Phi) is 14.6. The van der Waals surface area contributed by atoms with Gasteiger partial charge in [0.1, 0.15) is 5.58 Å². The van der Waals surface area contributed by atoms with Crippen molar-refractivity contribution in [2.45, 2.75) is 78.6 Å². The summed E-state index contributed by atoms with van der Waals surface area (Å²) < 4.78 is 64.4. The van der Waals surface area contributed by atoms with Gasteiger partial charge in [0, 0.05) is 98.2 Å². The Hall–Kier alpha value is -14.2. The number of benzene rings is 17. The van der Waals surface area contributed by atoms with Crippen LogP contribution in [0.15, 0.2) is 362 Å². The average molecular weight is 1590 g/mol. The lowest BCUT2D eigenvalue weighted by Gasteiger charge is -2.44. The summed E-state index contributed by atoms with van der Waals surface area (Å²) in [5.74, 6) is 0. The third kappa shape index (κ3) is 10.9. The molecule has 0 atom stereocenters. The Balaban J connectivity index is 0.817. The number of thiophene rings is 1. The maximum Gasteiger partial charge on any atom is 0.252 e. The fourth-order valence-electron chi connectivity index (χ4n) is 20.3. The van der Waals surface area contributed by atoms with Gasteiger partial charge in [-0.15, -0.1) is 11.3 Å². The first-order valence-electron chi connectivity index (χ1n) is 44.9. The second-order valence-electron chi connectivity index (χ2n) is 36.4. The zero-order chi connectivity index (χ0) is 86.3. The summed E-state index contributed by atoms with van der Waals surface area (Å²) in [6.45, 7) is 20.0. The number of fused-ring (bicyclic) bond motifs is 19. The van der Waals surface area contributed by atoms with Crippen LogP contribution in [0.5, 0.6) is 0 Å². The van der Waals surface area contributed by atoms with Gasteiger partial charge >= 0.3 is 0 Å². The molecule has 17 aromatic carbocycles. The van der Waals surface area contributed by atoms with E-state index in [-0.39, 0.29) is 33.9 Å². The van der Waals surface area contributed by atoms with Crippen LogP contribution in [0.3, 0.4) is 0 Å². The van der Waals surface area contributed by atoms with E-state index in [9.17, 15) is 5.48 Å². The van der Waals surface area contributed by atoms with Crippen molar-refractivity contribution in [2.75, 3.05) is 9.80 Å². The van der Waals surface area contributed by atoms with E-state index in [4.69, 9.17) is 5.79 Å². The standard InChI is InChI=1S/C114H86BN5OS/c1-112(2,3)74-53-48-70(49-54-74)72-51-59-100-93(64-72)115-92-63-71(69-28-13-10-14-29-69)50-58-99(92)119(102-46-26-40-85-84-39-24-38-83(108(84)121-109(85)102)82-37-25-45-101-106(82)88-35-20-22-44-95(88)117(101)78-32-17-12-18-33-78)104-67-79(118-97-60-55-75(113(4,5)6)65-90(97)91-66-76(114(7,8)9)56-61-98(91)118)68-105(107(104)115)120(100)103-47-27-42-87-86-41-23-36-80(110(86)122-111(87)103)73-52-57-96-89(62-73)81-34-19-21-43-94(81)116(96)77-30-15-11-16-31-77/h10-68H,1-9H3/i10D,13D,14D,28D,29D. The van der Waals surface area contributed by atoms with E-state index in [0.29, 0.717) is 11.1 Å². The highest BCUT2D eigenvalue weighted by atomic mass is 32.1. The van der Waals surface area contributed by atoms with Crippen LogP contribution < -0.4 is 26.2 Å². The smallest absolute Gasteiger partial charge is 0.252 e. The molecule has 582 valence electrons. The summed E-state index contributed by atoms with van der Waals surface area (Å²) in [5.41, 5.74) is 30.1. The quantitative estimate of drug-likeness (QED) is 0.135. The van der Waals surface area contributed by atoms with Gasteiger partial charge in [0.25, 0.3) is 6.71 Å². The van der Waals surface area contributed by atoms with E-state index >= 15 is 0 Å². The minimum absolute atomic E-state index is 0.0885. The number of rotatable bonds is 9. The van der Waals surface area contributed by atoms with E-state index in [1.54, 1.807) is 0 Å². The average Bonchev–Trinajstić information content (AvgIpc) is 1.43. The largest absolute Gasteiger partial charge is 0.453 e. The molecule has 2 aliphatic rings. The van der Waals surface area contributed by atoms with E-state index < -0.39 is 24.8 Å². The second kappa shape index (κ2) is 26.7. The van der Waals surface area contributed by atoms with Crippen LogP contribution in [0.2, 0.25) is 0 Å². The Morgan fingerprint density at radius 3 is 1.35 bits per heavy atom. The molecule has 0 saturated heterocycles. The lowest BCUT2D eigenvalue weighted by molar-refractivity contribution is 0.590. The molecule has 2 aliphatic heterocycles. The molecule has 0 aliphatic carbocycles. The van der Waals surface area contributed by atoms with Crippen molar-refractivity contribution in [3.8, 4) is 61.6 Å². The third-order valence-corrected chi connectivity index (χ3v) is 27.4. The predicted octanol–water partition coefficient (Wildman–Crippen LogP) is 29.9. The lowest BCUT2D eigenvalue weighted by Crippen LogP contribution is -2.61. The highest BCUT2D eigenvalue weighted by Gasteiger charge is 2.46. The van der Waals surface area contributed by atoms with E-state index in [1.165, 1.54) is 48.3 Å². The zero-order valence-corrected chi connectivity index (χ0v) is 70.1. The Morgan fingerprint density at radius 1 is 0.279 bits per heavy atom. The lowest BCUT2D eigenvalue weighted by atomic mass is 9.33. The van der Waals surface area contributed by atoms with E-state index in [2.05, 4.69) is 407 Å². The van der Waals surface area contributed by atoms with Crippen LogP contribution in [0.25, 0.3) is 169 Å². The molecule has 0 saturated carbocycles. The number of hydrogen-bond donors (Lipinski definition) is 0. The van der Waals surface area contributed by atoms with Gasteiger partial charge in [-0.3, -0.25) is 0 Å². The molecular formula is C114H86BN5OS. The van der Waals surface area contributed by atoms with Crippen molar-refractivity contribution < 1.29 is 11.3 Å². The molecule has 0 fully saturated rings. The van der Waals surface area contributed by atoms with Crippen molar-refractivity contribution in [3.63, 3.8) is 0 Å². The molecule has 6 nitrogen and oxygen atoms in total. The fraction of sp³-hybridized carbons (Fsp3) is 0.105. The highest BCUT2D eigenvalue weighted by molar-refractivity contribution is 7.27. The van der Waals surface area contributed by atoms with Crippen LogP contribution in [0.4, 0.5) is 34.1 Å². The molecule has 0 amide bonds. The monoisotopic (exact) mass is 1590 g/mol. The molecule has 122 heavy (non-hydrogen) atoms. The molecule has 7 heterocycles. The van der Waals surface area contributed by atoms with Gasteiger partial charge in [0.15, 0.2) is 5.58 Å². The molecule has 0 bridgehead atoms. The number of para-hydroxylation sites is 6. The summed E-state index contributed by atoms with van der Waals surface area (Å²) in [4.78, 5) is 5.00. The van der Waals surface area contributed by atoms with Crippen molar-refractivity contribution in [1.29, 1.82) is 0 Å². The summed E-state index contributed by atoms with van der Waals surface area (Å²) in [6.07, 6.45) is 0. The van der Waals surface area contributed by atoms with Crippen LogP contribution in [0.1, 0.15) is 85.9 Å². The first kappa shape index (κ1) is 66.7. The number of nitrogens with zero attached hydrogens (tertiary/aromatic N) is 5. The molecule has 24 rings (SSSR count). The van der Waals surface area contributed by atoms with Gasteiger partial charge in [-0.1, -0.05) is 305 Å². The molecule has 22 aromatic rings. The van der Waals surface area contributed by atoms with Crippen LogP contribution in [-0.4, -0.2) is 20.4 Å². The molecule has 0 radical (unpaired) electrons. The molecule has 0 spiro atoms. The van der Waals surface area contributed by atoms with Gasteiger partial charge in [-0.25, -0.2) is 0 Å². The SMILES string of the molecule is [2H]c1c([2H])c([2H])c(-c2ccc3c(c2)B2c4cc(-c5ccc(C(C)(C)C)cc5)ccc4N(c4cccc5c4sc4c(-c6ccc7c(c6)c6ccccc6n7-c6ccccc6)cccc45)c4cc(-n5c6ccc(C(C)(C)C)cc6c6cc(C(C)(C)C)ccc65)cc(c42)N3c2cccc3c2oc2c(-c4cccc5c4c4ccccc4n5-c4ccccc4)cccc23)c([2H])c1[2H]. The Labute approximate surface area is 720 Å². The summed E-state index contributed by atoms with van der Waals surface area (Å²) >= 11 is 1.84. The first-order valence-corrected chi connectivity index (χ1v) is 43.2. The Morgan fingerprint density at radius 2 is 0.721 bits per heavy atom. The highest BCUT2D eigenvalue weighted by Crippen LogP contribution is 2.55.